The van der Waals surface area contributed by atoms with Gasteiger partial charge >= 0.3 is 11.9 Å². The molecule has 1 aromatic carbocycles. The van der Waals surface area contributed by atoms with Gasteiger partial charge in [0.05, 0.1) is 17.6 Å². The zero-order chi connectivity index (χ0) is 17.1. The Morgan fingerprint density at radius 3 is 2.48 bits per heavy atom. The van der Waals surface area contributed by atoms with Gasteiger partial charge in [-0.3, -0.25) is 9.69 Å². The van der Waals surface area contributed by atoms with Crippen LogP contribution in [-0.2, 0) is 14.3 Å². The molecule has 6 nitrogen and oxygen atoms in total. The summed E-state index contributed by atoms with van der Waals surface area (Å²) >= 11 is 6.13. The number of hydrogen-bond acceptors (Lipinski definition) is 6. The van der Waals surface area contributed by atoms with E-state index in [1.807, 2.05) is 0 Å². The first-order valence-corrected chi connectivity index (χ1v) is 7.76. The molecule has 1 fully saturated rings. The highest BCUT2D eigenvalue weighted by atomic mass is 32.2. The van der Waals surface area contributed by atoms with Gasteiger partial charge in [-0.1, -0.05) is 36.1 Å². The van der Waals surface area contributed by atoms with Crippen molar-refractivity contribution in [1.82, 2.24) is 4.90 Å². The number of thiocarbonyl (C=S) groups is 1. The number of methoxy groups -OCH3 is 1. The van der Waals surface area contributed by atoms with Crippen molar-refractivity contribution in [2.75, 3.05) is 7.11 Å². The summed E-state index contributed by atoms with van der Waals surface area (Å²) in [5.41, 5.74) is 1.10. The fraction of sp³-hybridized carbons (Fsp3) is 0.200. The highest BCUT2D eigenvalue weighted by molar-refractivity contribution is 8.26. The number of hydrogen-bond donors (Lipinski definition) is 1. The largest absolute Gasteiger partial charge is 0.480 e. The number of rotatable bonds is 4. The van der Waals surface area contributed by atoms with E-state index in [0.29, 0.717) is 16.0 Å². The van der Waals surface area contributed by atoms with Gasteiger partial charge in [-0.25, -0.2) is 9.59 Å². The Morgan fingerprint density at radius 2 is 1.96 bits per heavy atom. The predicted octanol–water partition coefficient (Wildman–Crippen LogP) is 2.15. The van der Waals surface area contributed by atoms with Crippen LogP contribution in [0.5, 0.6) is 0 Å². The van der Waals surface area contributed by atoms with Crippen molar-refractivity contribution in [3.05, 3.63) is 40.3 Å². The van der Waals surface area contributed by atoms with Crippen LogP contribution in [0.4, 0.5) is 0 Å². The molecule has 1 amide bonds. The van der Waals surface area contributed by atoms with E-state index >= 15 is 0 Å². The molecule has 1 N–H and O–H groups in total. The monoisotopic (exact) mass is 351 g/mol. The third kappa shape index (κ3) is 3.59. The molecule has 1 aliphatic heterocycles. The number of thioether (sulfide) groups is 1. The quantitative estimate of drug-likeness (QED) is 0.505. The molecular weight excluding hydrogens is 338 g/mol. The first kappa shape index (κ1) is 17.2. The van der Waals surface area contributed by atoms with Gasteiger partial charge in [0.15, 0.2) is 0 Å². The van der Waals surface area contributed by atoms with Gasteiger partial charge in [0, 0.05) is 0 Å². The van der Waals surface area contributed by atoms with Crippen LogP contribution in [-0.4, -0.2) is 45.3 Å². The minimum absolute atomic E-state index is 0.210. The van der Waals surface area contributed by atoms with Crippen molar-refractivity contribution in [2.45, 2.75) is 13.0 Å². The second-order valence-electron chi connectivity index (χ2n) is 4.68. The van der Waals surface area contributed by atoms with Crippen LogP contribution in [0.3, 0.4) is 0 Å². The highest BCUT2D eigenvalue weighted by Gasteiger charge is 2.38. The number of carbonyl (C=O) groups excluding carboxylic acids is 2. The average molecular weight is 351 g/mol. The summed E-state index contributed by atoms with van der Waals surface area (Å²) in [5.74, 6) is -2.00. The summed E-state index contributed by atoms with van der Waals surface area (Å²) in [6.07, 6.45) is 1.61. The summed E-state index contributed by atoms with van der Waals surface area (Å²) < 4.78 is 4.82. The first-order chi connectivity index (χ1) is 10.8. The van der Waals surface area contributed by atoms with Crippen molar-refractivity contribution >= 4 is 52.2 Å². The van der Waals surface area contributed by atoms with Crippen LogP contribution in [0.15, 0.2) is 29.2 Å². The van der Waals surface area contributed by atoms with Gasteiger partial charge in [-0.05, 0) is 30.7 Å². The van der Waals surface area contributed by atoms with Gasteiger partial charge in [0.25, 0.3) is 5.91 Å². The van der Waals surface area contributed by atoms with Crippen molar-refractivity contribution in [3.63, 3.8) is 0 Å². The second kappa shape index (κ2) is 6.93. The molecular formula is C15H13NO5S2. The number of carbonyl (C=O) groups is 3. The molecule has 2 rings (SSSR count). The zero-order valence-electron chi connectivity index (χ0n) is 12.3. The molecule has 1 saturated heterocycles. The Morgan fingerprint density at radius 1 is 1.35 bits per heavy atom. The summed E-state index contributed by atoms with van der Waals surface area (Å²) in [6.45, 7) is 1.40. The smallest absolute Gasteiger partial charge is 0.337 e. The predicted molar refractivity (Wildman–Crippen MR) is 89.9 cm³/mol. The maximum Gasteiger partial charge on any atom is 0.337 e. The van der Waals surface area contributed by atoms with Crippen LogP contribution in [0, 0.1) is 0 Å². The Kier molecular flexibility index (Phi) is 5.17. The molecule has 0 saturated carbocycles. The van der Waals surface area contributed by atoms with Crippen molar-refractivity contribution < 1.29 is 24.2 Å². The Bertz CT molecular complexity index is 711. The van der Waals surface area contributed by atoms with Crippen LogP contribution >= 0.6 is 24.0 Å². The maximum atomic E-state index is 12.3. The Labute approximate surface area is 142 Å². The Balaban J connectivity index is 2.24. The lowest BCUT2D eigenvalue weighted by Gasteiger charge is -2.18. The molecule has 1 atom stereocenters. The topological polar surface area (TPSA) is 83.9 Å². The van der Waals surface area contributed by atoms with E-state index in [2.05, 4.69) is 4.74 Å². The van der Waals surface area contributed by atoms with Crippen LogP contribution < -0.4 is 0 Å². The number of aliphatic carboxylic acids is 1. The molecule has 0 aromatic heterocycles. The number of carboxylic acids is 1. The molecule has 1 aromatic rings. The lowest BCUT2D eigenvalue weighted by Crippen LogP contribution is -2.41. The minimum Gasteiger partial charge on any atom is -0.480 e. The van der Waals surface area contributed by atoms with Gasteiger partial charge in [-0.2, -0.15) is 0 Å². The van der Waals surface area contributed by atoms with Gasteiger partial charge < -0.3 is 9.84 Å². The first-order valence-electron chi connectivity index (χ1n) is 6.53. The molecule has 0 unspecified atom stereocenters. The molecule has 0 aliphatic carbocycles. The number of nitrogens with zero attached hydrogens (tertiary/aromatic N) is 1. The van der Waals surface area contributed by atoms with E-state index in [-0.39, 0.29) is 4.32 Å². The van der Waals surface area contributed by atoms with Crippen molar-refractivity contribution in [3.8, 4) is 0 Å². The number of benzene rings is 1. The second-order valence-corrected chi connectivity index (χ2v) is 6.36. The standard InChI is InChI=1S/C15H13NO5S2/c1-8(13(18)19)16-12(17)11(23-15(16)22)7-9-3-5-10(6-4-9)14(20)21-2/h3-8H,1-2H3,(H,18,19)/b11-7-/t8-/m0/s1. The third-order valence-corrected chi connectivity index (χ3v) is 4.53. The van der Waals surface area contributed by atoms with Gasteiger partial charge in [0.1, 0.15) is 10.4 Å². The van der Waals surface area contributed by atoms with E-state index < -0.39 is 23.9 Å². The molecule has 0 radical (unpaired) electrons. The summed E-state index contributed by atoms with van der Waals surface area (Å²) in [7, 11) is 1.30. The van der Waals surface area contributed by atoms with Crippen molar-refractivity contribution in [2.24, 2.45) is 0 Å². The number of ether oxygens (including phenoxy) is 1. The molecule has 1 aliphatic rings. The van der Waals surface area contributed by atoms with E-state index in [1.54, 1.807) is 30.3 Å². The van der Waals surface area contributed by atoms with E-state index in [9.17, 15) is 14.4 Å². The van der Waals surface area contributed by atoms with Crippen LogP contribution in [0.1, 0.15) is 22.8 Å². The normalized spacial score (nSPS) is 17.5. The fourth-order valence-electron chi connectivity index (χ4n) is 1.91. The van der Waals surface area contributed by atoms with Gasteiger partial charge in [0.2, 0.25) is 0 Å². The molecule has 23 heavy (non-hydrogen) atoms. The molecule has 0 bridgehead atoms. The lowest BCUT2D eigenvalue weighted by atomic mass is 10.1. The Hall–Kier alpha value is -2.19. The lowest BCUT2D eigenvalue weighted by molar-refractivity contribution is -0.144. The van der Waals surface area contributed by atoms with Crippen LogP contribution in [0.2, 0.25) is 0 Å². The van der Waals surface area contributed by atoms with E-state index in [1.165, 1.54) is 14.0 Å². The molecule has 0 spiro atoms. The maximum absolute atomic E-state index is 12.3. The summed E-state index contributed by atoms with van der Waals surface area (Å²) in [5, 5.41) is 9.03. The summed E-state index contributed by atoms with van der Waals surface area (Å²) in [6, 6.07) is 5.48. The van der Waals surface area contributed by atoms with Crippen molar-refractivity contribution in [1.29, 1.82) is 0 Å². The SMILES string of the molecule is COC(=O)c1ccc(/C=C2\SC(=S)N([C@@H](C)C(=O)O)C2=O)cc1. The van der Waals surface area contributed by atoms with Gasteiger partial charge in [-0.15, -0.1) is 0 Å². The zero-order valence-corrected chi connectivity index (χ0v) is 13.9. The molecule has 120 valence electrons. The molecule has 8 heteroatoms. The summed E-state index contributed by atoms with van der Waals surface area (Å²) in [4.78, 5) is 36.1. The van der Waals surface area contributed by atoms with Crippen LogP contribution in [0.25, 0.3) is 6.08 Å². The number of amides is 1. The average Bonchev–Trinajstić information content (AvgIpc) is 2.80. The number of esters is 1. The van der Waals surface area contributed by atoms with E-state index in [0.717, 1.165) is 16.7 Å². The van der Waals surface area contributed by atoms with E-state index in [4.69, 9.17) is 17.3 Å². The molecule has 1 heterocycles. The highest BCUT2D eigenvalue weighted by Crippen LogP contribution is 2.33. The number of carboxylic acid groups (broad SMARTS) is 1. The fourth-order valence-corrected chi connectivity index (χ4v) is 3.33. The third-order valence-electron chi connectivity index (χ3n) is 3.20. The minimum atomic E-state index is -1.12.